The molecule has 20 heavy (non-hydrogen) atoms. The van der Waals surface area contributed by atoms with Crippen molar-refractivity contribution < 1.29 is 0 Å². The molecule has 1 aliphatic rings. The average molecular weight is 352 g/mol. The van der Waals surface area contributed by atoms with Gasteiger partial charge in [0, 0.05) is 22.6 Å². The molecule has 3 nitrogen and oxygen atoms in total. The third-order valence-corrected chi connectivity index (χ3v) is 5.66. The number of aromatic nitrogens is 2. The van der Waals surface area contributed by atoms with Crippen LogP contribution < -0.4 is 4.90 Å². The van der Waals surface area contributed by atoms with Crippen molar-refractivity contribution in [3.8, 4) is 0 Å². The Morgan fingerprint density at radius 1 is 1.35 bits per heavy atom. The van der Waals surface area contributed by atoms with Crippen LogP contribution in [0.15, 0.2) is 16.7 Å². The monoisotopic (exact) mass is 351 g/mol. The number of aryl methyl sites for hydroxylation is 3. The molecule has 0 bridgehead atoms. The molecule has 1 aliphatic carbocycles. The van der Waals surface area contributed by atoms with Gasteiger partial charge in [0.1, 0.15) is 10.8 Å². The molecule has 0 N–H and O–H groups in total. The van der Waals surface area contributed by atoms with Gasteiger partial charge in [-0.15, -0.1) is 11.3 Å². The molecule has 5 heteroatoms. The molecule has 0 unspecified atom stereocenters. The number of rotatable bonds is 3. The van der Waals surface area contributed by atoms with E-state index in [4.69, 9.17) is 4.98 Å². The number of pyridine rings is 1. The summed E-state index contributed by atoms with van der Waals surface area (Å²) in [6, 6.07) is 2.11. The zero-order valence-electron chi connectivity index (χ0n) is 11.8. The van der Waals surface area contributed by atoms with Crippen molar-refractivity contribution in [1.29, 1.82) is 0 Å². The summed E-state index contributed by atoms with van der Waals surface area (Å²) in [5.41, 5.74) is 2.55. The molecule has 0 amide bonds. The molecule has 106 valence electrons. The number of fused-ring (bicyclic) bond motifs is 1. The Hall–Kier alpha value is -0.940. The third kappa shape index (κ3) is 2.88. The van der Waals surface area contributed by atoms with E-state index in [9.17, 15) is 0 Å². The highest BCUT2D eigenvalue weighted by Crippen LogP contribution is 2.28. The summed E-state index contributed by atoms with van der Waals surface area (Å²) in [5.74, 6) is 0.999. The van der Waals surface area contributed by atoms with Crippen molar-refractivity contribution >= 4 is 33.1 Å². The summed E-state index contributed by atoms with van der Waals surface area (Å²) < 4.78 is 1.05. The quantitative estimate of drug-likeness (QED) is 0.832. The van der Waals surface area contributed by atoms with E-state index in [-0.39, 0.29) is 0 Å². The van der Waals surface area contributed by atoms with Gasteiger partial charge in [0.05, 0.1) is 12.2 Å². The van der Waals surface area contributed by atoms with Gasteiger partial charge >= 0.3 is 0 Å². The summed E-state index contributed by atoms with van der Waals surface area (Å²) in [6.07, 6.45) is 6.85. The summed E-state index contributed by atoms with van der Waals surface area (Å²) in [7, 11) is 2.08. The van der Waals surface area contributed by atoms with Crippen LogP contribution in [0.25, 0.3) is 0 Å². The first-order valence-corrected chi connectivity index (χ1v) is 8.55. The zero-order chi connectivity index (χ0) is 14.1. The highest BCUT2D eigenvalue weighted by atomic mass is 79.9. The Balaban J connectivity index is 1.76. The van der Waals surface area contributed by atoms with Gasteiger partial charge in [-0.1, -0.05) is 0 Å². The summed E-state index contributed by atoms with van der Waals surface area (Å²) in [5, 5.41) is 1.21. The van der Waals surface area contributed by atoms with E-state index in [2.05, 4.69) is 45.9 Å². The van der Waals surface area contributed by atoms with Crippen molar-refractivity contribution in [2.75, 3.05) is 11.9 Å². The predicted octanol–water partition coefficient (Wildman–Crippen LogP) is 4.12. The molecule has 0 radical (unpaired) electrons. The fraction of sp³-hybridized carbons (Fsp3) is 0.467. The lowest BCUT2D eigenvalue weighted by Gasteiger charge is -2.17. The highest BCUT2D eigenvalue weighted by Gasteiger charge is 2.16. The number of thiazole rings is 1. The van der Waals surface area contributed by atoms with Crippen molar-refractivity contribution in [2.45, 2.75) is 39.2 Å². The summed E-state index contributed by atoms with van der Waals surface area (Å²) in [6.45, 7) is 2.93. The second-order valence-corrected chi connectivity index (χ2v) is 7.35. The number of hydrogen-bond donors (Lipinski definition) is 0. The van der Waals surface area contributed by atoms with Crippen LogP contribution in [0.3, 0.4) is 0 Å². The lowest BCUT2D eigenvalue weighted by Crippen LogP contribution is -2.17. The number of anilines is 1. The lowest BCUT2D eigenvalue weighted by atomic mass is 10.0. The van der Waals surface area contributed by atoms with Crippen molar-refractivity contribution in [3.05, 3.63) is 37.9 Å². The molecule has 2 aromatic heterocycles. The highest BCUT2D eigenvalue weighted by molar-refractivity contribution is 9.10. The van der Waals surface area contributed by atoms with Gasteiger partial charge in [-0.25, -0.2) is 9.97 Å². The molecule has 2 aromatic rings. The standard InChI is InChI=1S/C15H18BrN3S/c1-10-7-14(17-8-11(10)16)19(2)9-15-18-12-5-3-4-6-13(12)20-15/h7-8H,3-6,9H2,1-2H3. The molecular weight excluding hydrogens is 334 g/mol. The van der Waals surface area contributed by atoms with Gasteiger partial charge in [0.2, 0.25) is 0 Å². The SMILES string of the molecule is Cc1cc(N(C)Cc2nc3c(s2)CCCC3)ncc1Br. The Labute approximate surface area is 132 Å². The van der Waals surface area contributed by atoms with Gasteiger partial charge in [-0.2, -0.15) is 0 Å². The van der Waals surface area contributed by atoms with Crippen LogP contribution in [-0.4, -0.2) is 17.0 Å². The van der Waals surface area contributed by atoms with Crippen LogP contribution in [0.1, 0.15) is 34.0 Å². The number of hydrogen-bond acceptors (Lipinski definition) is 4. The van der Waals surface area contributed by atoms with Crippen LogP contribution in [0.5, 0.6) is 0 Å². The molecule has 2 heterocycles. The van der Waals surface area contributed by atoms with Crippen LogP contribution in [0, 0.1) is 6.92 Å². The largest absolute Gasteiger partial charge is 0.353 e. The van der Waals surface area contributed by atoms with Gasteiger partial charge in [-0.3, -0.25) is 0 Å². The van der Waals surface area contributed by atoms with E-state index in [1.807, 2.05) is 17.5 Å². The topological polar surface area (TPSA) is 29.0 Å². The van der Waals surface area contributed by atoms with Gasteiger partial charge in [-0.05, 0) is 60.2 Å². The van der Waals surface area contributed by atoms with Crippen LogP contribution in [0.2, 0.25) is 0 Å². The molecule has 3 rings (SSSR count). The van der Waals surface area contributed by atoms with Crippen LogP contribution in [-0.2, 0) is 19.4 Å². The normalized spacial score (nSPS) is 14.2. The maximum absolute atomic E-state index is 4.80. The lowest BCUT2D eigenvalue weighted by molar-refractivity contribution is 0.680. The van der Waals surface area contributed by atoms with Gasteiger partial charge < -0.3 is 4.90 Å². The molecule has 0 atom stereocenters. The fourth-order valence-corrected chi connectivity index (χ4v) is 3.92. The van der Waals surface area contributed by atoms with E-state index in [1.165, 1.54) is 40.4 Å². The molecule has 0 spiro atoms. The smallest absolute Gasteiger partial charge is 0.128 e. The number of nitrogens with zero attached hydrogens (tertiary/aromatic N) is 3. The Kier molecular flexibility index (Phi) is 4.08. The van der Waals surface area contributed by atoms with E-state index in [0.29, 0.717) is 0 Å². The second kappa shape index (κ2) is 5.82. The zero-order valence-corrected chi connectivity index (χ0v) is 14.2. The Bertz CT molecular complexity index is 600. The molecule has 0 saturated heterocycles. The van der Waals surface area contributed by atoms with Crippen LogP contribution >= 0.6 is 27.3 Å². The first-order valence-electron chi connectivity index (χ1n) is 6.94. The number of halogens is 1. The van der Waals surface area contributed by atoms with Crippen LogP contribution in [0.4, 0.5) is 5.82 Å². The third-order valence-electron chi connectivity index (χ3n) is 3.69. The van der Waals surface area contributed by atoms with E-state index in [0.717, 1.165) is 23.3 Å². The van der Waals surface area contributed by atoms with E-state index >= 15 is 0 Å². The molecule has 0 fully saturated rings. The van der Waals surface area contributed by atoms with Gasteiger partial charge in [0.25, 0.3) is 0 Å². The maximum Gasteiger partial charge on any atom is 0.128 e. The summed E-state index contributed by atoms with van der Waals surface area (Å²) in [4.78, 5) is 12.9. The average Bonchev–Trinajstić information content (AvgIpc) is 2.83. The molecule has 0 aliphatic heterocycles. The van der Waals surface area contributed by atoms with E-state index in [1.54, 1.807) is 0 Å². The first kappa shape index (κ1) is 14.0. The van der Waals surface area contributed by atoms with Gasteiger partial charge in [0.15, 0.2) is 0 Å². The summed E-state index contributed by atoms with van der Waals surface area (Å²) >= 11 is 5.37. The predicted molar refractivity (Wildman–Crippen MR) is 87.5 cm³/mol. The first-order chi connectivity index (χ1) is 9.63. The molecule has 0 aromatic carbocycles. The molecular formula is C15H18BrN3S. The maximum atomic E-state index is 4.80. The minimum Gasteiger partial charge on any atom is -0.353 e. The van der Waals surface area contributed by atoms with Crippen molar-refractivity contribution in [2.24, 2.45) is 0 Å². The van der Waals surface area contributed by atoms with Crippen molar-refractivity contribution in [3.63, 3.8) is 0 Å². The van der Waals surface area contributed by atoms with Crippen molar-refractivity contribution in [1.82, 2.24) is 9.97 Å². The fourth-order valence-electron chi connectivity index (χ4n) is 2.49. The minimum absolute atomic E-state index is 0.839. The second-order valence-electron chi connectivity index (χ2n) is 5.33. The minimum atomic E-state index is 0.839. The Morgan fingerprint density at radius 2 is 2.15 bits per heavy atom. The van der Waals surface area contributed by atoms with E-state index < -0.39 is 0 Å². The molecule has 0 saturated carbocycles. The Morgan fingerprint density at radius 3 is 2.90 bits per heavy atom.